The van der Waals surface area contributed by atoms with Gasteiger partial charge in [-0.25, -0.2) is 13.2 Å². The lowest BCUT2D eigenvalue weighted by molar-refractivity contribution is -0.132. The molecule has 0 atom stereocenters. The normalized spacial score (nSPS) is 22.2. The minimum Gasteiger partial charge on any atom is -0.441 e. The van der Waals surface area contributed by atoms with E-state index >= 15 is 0 Å². The standard InChI is InChI=1S/C22H31N3O5S/c1-23(31(28,29)19-8-4-2-5-9-19)16-20(26)24-14-10-18(11-15-24)25-17-22(30-21(25)27)12-6-3-7-13-22/h2,4-5,8-9,18H,3,6-7,10-17H2,1H3. The van der Waals surface area contributed by atoms with Crippen molar-refractivity contribution in [3.8, 4) is 0 Å². The summed E-state index contributed by atoms with van der Waals surface area (Å²) in [5.74, 6) is -0.215. The fourth-order valence-corrected chi connectivity index (χ4v) is 6.10. The Morgan fingerprint density at radius 3 is 2.42 bits per heavy atom. The van der Waals surface area contributed by atoms with Crippen LogP contribution in [0, 0.1) is 0 Å². The topological polar surface area (TPSA) is 87.2 Å². The van der Waals surface area contributed by atoms with Gasteiger partial charge in [0.25, 0.3) is 0 Å². The molecule has 2 saturated heterocycles. The van der Waals surface area contributed by atoms with Gasteiger partial charge in [-0.15, -0.1) is 0 Å². The summed E-state index contributed by atoms with van der Waals surface area (Å²) in [5, 5.41) is 0. The van der Waals surface area contributed by atoms with E-state index in [2.05, 4.69) is 0 Å². The number of hydrogen-bond acceptors (Lipinski definition) is 5. The predicted octanol–water partition coefficient (Wildman–Crippen LogP) is 2.45. The first kappa shape index (κ1) is 22.1. The van der Waals surface area contributed by atoms with Crippen molar-refractivity contribution in [1.29, 1.82) is 0 Å². The molecule has 3 aliphatic rings. The van der Waals surface area contributed by atoms with E-state index in [0.717, 1.165) is 30.0 Å². The minimum absolute atomic E-state index is 0.0728. The second-order valence-corrected chi connectivity index (χ2v) is 11.0. The molecule has 170 valence electrons. The molecule has 8 nitrogen and oxygen atoms in total. The van der Waals surface area contributed by atoms with Crippen LogP contribution in [0.5, 0.6) is 0 Å². The number of carbonyl (C=O) groups is 2. The van der Waals surface area contributed by atoms with Crippen LogP contribution in [0.25, 0.3) is 0 Å². The number of ether oxygens (including phenoxy) is 1. The first-order valence-electron chi connectivity index (χ1n) is 11.1. The largest absolute Gasteiger partial charge is 0.441 e. The zero-order chi connectivity index (χ0) is 22.1. The van der Waals surface area contributed by atoms with Gasteiger partial charge in [0.05, 0.1) is 18.0 Å². The Morgan fingerprint density at radius 2 is 1.77 bits per heavy atom. The Balaban J connectivity index is 1.30. The Bertz CT molecular complexity index is 906. The Morgan fingerprint density at radius 1 is 1.13 bits per heavy atom. The molecule has 0 unspecified atom stereocenters. The monoisotopic (exact) mass is 449 g/mol. The van der Waals surface area contributed by atoms with E-state index in [-0.39, 0.29) is 35.1 Å². The zero-order valence-electron chi connectivity index (χ0n) is 18.0. The summed E-state index contributed by atoms with van der Waals surface area (Å²) in [7, 11) is -2.28. The van der Waals surface area contributed by atoms with Gasteiger partial charge >= 0.3 is 6.09 Å². The molecule has 1 spiro atoms. The summed E-state index contributed by atoms with van der Waals surface area (Å²) in [5.41, 5.74) is -0.309. The van der Waals surface area contributed by atoms with Crippen LogP contribution in [0.3, 0.4) is 0 Å². The molecule has 4 rings (SSSR count). The highest BCUT2D eigenvalue weighted by Crippen LogP contribution is 2.38. The van der Waals surface area contributed by atoms with Crippen LogP contribution < -0.4 is 0 Å². The number of amides is 2. The maximum Gasteiger partial charge on any atom is 0.410 e. The van der Waals surface area contributed by atoms with E-state index in [0.29, 0.717) is 32.5 Å². The number of likely N-dealkylation sites (tertiary alicyclic amines) is 1. The highest BCUT2D eigenvalue weighted by molar-refractivity contribution is 7.89. The van der Waals surface area contributed by atoms with Gasteiger partial charge in [0.15, 0.2) is 0 Å². The molecule has 9 heteroatoms. The fraction of sp³-hybridized carbons (Fsp3) is 0.636. The van der Waals surface area contributed by atoms with Crippen molar-refractivity contribution in [2.75, 3.05) is 33.2 Å². The van der Waals surface area contributed by atoms with E-state index in [1.54, 1.807) is 23.1 Å². The maximum absolute atomic E-state index is 12.7. The molecular formula is C22H31N3O5S. The Kier molecular flexibility index (Phi) is 6.25. The summed E-state index contributed by atoms with van der Waals surface area (Å²) in [4.78, 5) is 29.0. The molecule has 1 aromatic rings. The SMILES string of the molecule is CN(CC(=O)N1CCC(N2CC3(CCCCC3)OC2=O)CC1)S(=O)(=O)c1ccccc1. The lowest BCUT2D eigenvalue weighted by atomic mass is 9.84. The van der Waals surface area contributed by atoms with Gasteiger partial charge in [-0.05, 0) is 50.7 Å². The number of nitrogens with zero attached hydrogens (tertiary/aromatic N) is 3. The van der Waals surface area contributed by atoms with Gasteiger partial charge in [0.1, 0.15) is 5.60 Å². The van der Waals surface area contributed by atoms with Gasteiger partial charge in [0, 0.05) is 26.2 Å². The molecule has 0 radical (unpaired) electrons. The lowest BCUT2D eigenvalue weighted by Gasteiger charge is -2.37. The summed E-state index contributed by atoms with van der Waals surface area (Å²) >= 11 is 0. The fourth-order valence-electron chi connectivity index (χ4n) is 4.96. The molecule has 2 heterocycles. The average molecular weight is 450 g/mol. The molecule has 0 bridgehead atoms. The quantitative estimate of drug-likeness (QED) is 0.689. The van der Waals surface area contributed by atoms with Crippen molar-refractivity contribution >= 4 is 22.0 Å². The summed E-state index contributed by atoms with van der Waals surface area (Å²) in [6.45, 7) is 1.48. The zero-order valence-corrected chi connectivity index (χ0v) is 18.8. The molecule has 1 aromatic carbocycles. The smallest absolute Gasteiger partial charge is 0.410 e. The number of sulfonamides is 1. The van der Waals surface area contributed by atoms with Crippen LogP contribution >= 0.6 is 0 Å². The van der Waals surface area contributed by atoms with Crippen molar-refractivity contribution in [2.45, 2.75) is 61.5 Å². The number of benzene rings is 1. The molecule has 3 fully saturated rings. The van der Waals surface area contributed by atoms with Gasteiger partial charge < -0.3 is 14.5 Å². The first-order valence-corrected chi connectivity index (χ1v) is 12.5. The van der Waals surface area contributed by atoms with Gasteiger partial charge in [-0.1, -0.05) is 24.6 Å². The third kappa shape index (κ3) is 4.57. The Hall–Kier alpha value is -2.13. The minimum atomic E-state index is -3.70. The van der Waals surface area contributed by atoms with E-state index < -0.39 is 10.0 Å². The van der Waals surface area contributed by atoms with E-state index in [9.17, 15) is 18.0 Å². The molecule has 0 N–H and O–H groups in total. The van der Waals surface area contributed by atoms with Crippen LogP contribution in [-0.2, 0) is 19.6 Å². The van der Waals surface area contributed by atoms with Crippen molar-refractivity contribution < 1.29 is 22.7 Å². The Labute approximate surface area is 184 Å². The molecule has 0 aromatic heterocycles. The third-order valence-corrected chi connectivity index (χ3v) is 8.65. The average Bonchev–Trinajstić information content (AvgIpc) is 3.10. The van der Waals surface area contributed by atoms with Crippen LogP contribution in [0.2, 0.25) is 0 Å². The van der Waals surface area contributed by atoms with Crippen molar-refractivity contribution in [3.05, 3.63) is 30.3 Å². The van der Waals surface area contributed by atoms with Crippen LogP contribution in [0.15, 0.2) is 35.2 Å². The van der Waals surface area contributed by atoms with Crippen LogP contribution in [0.1, 0.15) is 44.9 Å². The van der Waals surface area contributed by atoms with Crippen molar-refractivity contribution in [1.82, 2.24) is 14.1 Å². The van der Waals surface area contributed by atoms with Gasteiger partial charge in [0.2, 0.25) is 15.9 Å². The molecule has 1 aliphatic carbocycles. The number of hydrogen-bond donors (Lipinski definition) is 0. The highest BCUT2D eigenvalue weighted by Gasteiger charge is 2.48. The number of rotatable bonds is 5. The van der Waals surface area contributed by atoms with E-state index in [1.165, 1.54) is 25.6 Å². The molecule has 2 aliphatic heterocycles. The van der Waals surface area contributed by atoms with Gasteiger partial charge in [-0.3, -0.25) is 4.79 Å². The molecule has 1 saturated carbocycles. The summed E-state index contributed by atoms with van der Waals surface area (Å²) in [6.07, 6.45) is 6.44. The van der Waals surface area contributed by atoms with Crippen molar-refractivity contribution in [2.24, 2.45) is 0 Å². The van der Waals surface area contributed by atoms with Gasteiger partial charge in [-0.2, -0.15) is 4.31 Å². The second-order valence-electron chi connectivity index (χ2n) is 8.93. The van der Waals surface area contributed by atoms with E-state index in [1.807, 2.05) is 4.90 Å². The molecular weight excluding hydrogens is 418 g/mol. The molecule has 31 heavy (non-hydrogen) atoms. The summed E-state index contributed by atoms with van der Waals surface area (Å²) < 4.78 is 32.2. The maximum atomic E-state index is 12.7. The van der Waals surface area contributed by atoms with E-state index in [4.69, 9.17) is 4.74 Å². The predicted molar refractivity (Wildman–Crippen MR) is 115 cm³/mol. The number of piperidine rings is 1. The lowest BCUT2D eigenvalue weighted by Crippen LogP contribution is -2.50. The number of likely N-dealkylation sites (N-methyl/N-ethyl adjacent to an activating group) is 1. The molecule has 2 amide bonds. The first-order chi connectivity index (χ1) is 14.8. The van der Waals surface area contributed by atoms with Crippen molar-refractivity contribution in [3.63, 3.8) is 0 Å². The third-order valence-electron chi connectivity index (χ3n) is 6.83. The number of carbonyl (C=O) groups excluding carboxylic acids is 2. The van der Waals surface area contributed by atoms with Crippen LogP contribution in [-0.4, -0.2) is 79.4 Å². The van der Waals surface area contributed by atoms with Crippen LogP contribution in [0.4, 0.5) is 4.79 Å². The summed E-state index contributed by atoms with van der Waals surface area (Å²) in [6, 6.07) is 8.19. The second kappa shape index (κ2) is 8.78. The highest BCUT2D eigenvalue weighted by atomic mass is 32.2.